The zero-order valence-corrected chi connectivity index (χ0v) is 11.7. The van der Waals surface area contributed by atoms with Crippen molar-refractivity contribution in [1.82, 2.24) is 15.0 Å². The first-order valence-electron chi connectivity index (χ1n) is 6.76. The zero-order valence-electron chi connectivity index (χ0n) is 11.7. The van der Waals surface area contributed by atoms with E-state index in [1.54, 1.807) is 24.3 Å². The Labute approximate surface area is 126 Å². The first-order valence-corrected chi connectivity index (χ1v) is 6.76. The third kappa shape index (κ3) is 3.01. The molecule has 0 atom stereocenters. The Bertz CT molecular complexity index is 859. The Hall–Kier alpha value is -3.02. The van der Waals surface area contributed by atoms with Crippen LogP contribution in [0.25, 0.3) is 10.9 Å². The van der Waals surface area contributed by atoms with Crippen LogP contribution in [0, 0.1) is 0 Å². The maximum absolute atomic E-state index is 12.2. The zero-order chi connectivity index (χ0) is 15.4. The highest BCUT2D eigenvalue weighted by Crippen LogP contribution is 2.04. The lowest BCUT2D eigenvalue weighted by Crippen LogP contribution is -2.28. The summed E-state index contributed by atoms with van der Waals surface area (Å²) >= 11 is 0. The van der Waals surface area contributed by atoms with Crippen LogP contribution in [0.3, 0.4) is 0 Å². The molecule has 6 heteroatoms. The van der Waals surface area contributed by atoms with Crippen LogP contribution in [0.5, 0.6) is 0 Å². The number of rotatable bonds is 4. The molecule has 0 radical (unpaired) electrons. The maximum Gasteiger partial charge on any atom is 0.328 e. The van der Waals surface area contributed by atoms with Gasteiger partial charge >= 0.3 is 5.97 Å². The number of carbonyl (C=O) groups is 1. The van der Waals surface area contributed by atoms with Gasteiger partial charge in [-0.3, -0.25) is 9.59 Å². The summed E-state index contributed by atoms with van der Waals surface area (Å²) < 4.78 is 6.14. The number of aromatic nitrogens is 3. The van der Waals surface area contributed by atoms with E-state index in [0.717, 1.165) is 10.2 Å². The minimum Gasteiger partial charge on any atom is -0.459 e. The Morgan fingerprint density at radius 3 is 2.59 bits per heavy atom. The molecule has 22 heavy (non-hydrogen) atoms. The summed E-state index contributed by atoms with van der Waals surface area (Å²) in [6.07, 6.45) is 0. The van der Waals surface area contributed by atoms with E-state index in [-0.39, 0.29) is 18.7 Å². The fourth-order valence-electron chi connectivity index (χ4n) is 2.03. The molecule has 0 aliphatic rings. The molecule has 0 aliphatic heterocycles. The normalized spacial score (nSPS) is 10.5. The molecule has 3 rings (SSSR count). The lowest BCUT2D eigenvalue weighted by Gasteiger charge is -2.06. The summed E-state index contributed by atoms with van der Waals surface area (Å²) in [7, 11) is 0. The number of hydrogen-bond acceptors (Lipinski definition) is 5. The SMILES string of the molecule is O=C(Cn1nnc2ccccc2c1=O)OCc1ccccc1. The molecule has 0 fully saturated rings. The molecule has 3 aromatic rings. The molecular formula is C16H13N3O3. The third-order valence-corrected chi connectivity index (χ3v) is 3.15. The van der Waals surface area contributed by atoms with Crippen LogP contribution in [0.4, 0.5) is 0 Å². The highest BCUT2D eigenvalue weighted by molar-refractivity contribution is 5.77. The van der Waals surface area contributed by atoms with E-state index in [1.165, 1.54) is 0 Å². The molecule has 0 bridgehead atoms. The molecule has 0 spiro atoms. The lowest BCUT2D eigenvalue weighted by molar-refractivity contribution is -0.146. The summed E-state index contributed by atoms with van der Waals surface area (Å²) in [6, 6.07) is 16.2. The number of ether oxygens (including phenoxy) is 1. The molecule has 0 saturated carbocycles. The second-order valence-corrected chi connectivity index (χ2v) is 4.72. The van der Waals surface area contributed by atoms with Crippen LogP contribution in [0.15, 0.2) is 59.4 Å². The Kier molecular flexibility index (Phi) is 3.91. The van der Waals surface area contributed by atoms with Crippen molar-refractivity contribution in [2.75, 3.05) is 0 Å². The van der Waals surface area contributed by atoms with Gasteiger partial charge in [-0.1, -0.05) is 47.7 Å². The van der Waals surface area contributed by atoms with Crippen LogP contribution < -0.4 is 5.56 Å². The molecule has 0 aliphatic carbocycles. The Balaban J connectivity index is 1.72. The average Bonchev–Trinajstić information content (AvgIpc) is 2.57. The van der Waals surface area contributed by atoms with Gasteiger partial charge in [0.1, 0.15) is 18.7 Å². The van der Waals surface area contributed by atoms with E-state index in [4.69, 9.17) is 4.74 Å². The van der Waals surface area contributed by atoms with E-state index in [0.29, 0.717) is 10.9 Å². The van der Waals surface area contributed by atoms with E-state index < -0.39 is 5.97 Å². The topological polar surface area (TPSA) is 74.1 Å². The van der Waals surface area contributed by atoms with Crippen molar-refractivity contribution < 1.29 is 9.53 Å². The molecular weight excluding hydrogens is 282 g/mol. The van der Waals surface area contributed by atoms with Crippen LogP contribution in [0.2, 0.25) is 0 Å². The molecule has 6 nitrogen and oxygen atoms in total. The minimum absolute atomic E-state index is 0.162. The van der Waals surface area contributed by atoms with Crippen LogP contribution >= 0.6 is 0 Å². The lowest BCUT2D eigenvalue weighted by atomic mass is 10.2. The number of hydrogen-bond donors (Lipinski definition) is 0. The molecule has 2 aromatic carbocycles. The van der Waals surface area contributed by atoms with E-state index >= 15 is 0 Å². The quantitative estimate of drug-likeness (QED) is 0.682. The van der Waals surface area contributed by atoms with E-state index in [1.807, 2.05) is 30.3 Å². The van der Waals surface area contributed by atoms with Gasteiger partial charge < -0.3 is 4.74 Å². The molecule has 1 aromatic heterocycles. The number of esters is 1. The number of benzene rings is 2. The van der Waals surface area contributed by atoms with E-state index in [2.05, 4.69) is 10.3 Å². The standard InChI is InChI=1S/C16H13N3O3/c20-15(22-11-12-6-2-1-3-7-12)10-19-16(21)13-8-4-5-9-14(13)17-18-19/h1-9H,10-11H2. The first-order chi connectivity index (χ1) is 10.7. The van der Waals surface area contributed by atoms with Gasteiger partial charge in [-0.25, -0.2) is 0 Å². The molecule has 0 N–H and O–H groups in total. The van der Waals surface area contributed by atoms with Crippen LogP contribution in [-0.4, -0.2) is 21.0 Å². The molecule has 0 amide bonds. The summed E-state index contributed by atoms with van der Waals surface area (Å²) in [5.41, 5.74) is 1.02. The number of nitrogens with zero attached hydrogens (tertiary/aromatic N) is 3. The van der Waals surface area contributed by atoms with Gasteiger partial charge in [0.15, 0.2) is 0 Å². The summed E-state index contributed by atoms with van der Waals surface area (Å²) in [5, 5.41) is 8.10. The van der Waals surface area contributed by atoms with Crippen LogP contribution in [0.1, 0.15) is 5.56 Å². The van der Waals surface area contributed by atoms with Gasteiger partial charge in [0.05, 0.1) is 5.39 Å². The average molecular weight is 295 g/mol. The van der Waals surface area contributed by atoms with Gasteiger partial charge in [0.2, 0.25) is 0 Å². The molecule has 110 valence electrons. The Morgan fingerprint density at radius 1 is 1.05 bits per heavy atom. The smallest absolute Gasteiger partial charge is 0.328 e. The number of fused-ring (bicyclic) bond motifs is 1. The maximum atomic E-state index is 12.2. The fourth-order valence-corrected chi connectivity index (χ4v) is 2.03. The largest absolute Gasteiger partial charge is 0.459 e. The van der Waals surface area contributed by atoms with Gasteiger partial charge in [-0.05, 0) is 17.7 Å². The first kappa shape index (κ1) is 13.9. The predicted octanol–water partition coefficient (Wildman–Crippen LogP) is 1.53. The van der Waals surface area contributed by atoms with Crippen molar-refractivity contribution in [2.24, 2.45) is 0 Å². The fraction of sp³-hybridized carbons (Fsp3) is 0.125. The van der Waals surface area contributed by atoms with Crippen molar-refractivity contribution in [1.29, 1.82) is 0 Å². The second-order valence-electron chi connectivity index (χ2n) is 4.72. The van der Waals surface area contributed by atoms with E-state index in [9.17, 15) is 9.59 Å². The molecule has 0 unspecified atom stereocenters. The third-order valence-electron chi connectivity index (χ3n) is 3.15. The van der Waals surface area contributed by atoms with Gasteiger partial charge in [0.25, 0.3) is 5.56 Å². The van der Waals surface area contributed by atoms with Gasteiger partial charge in [-0.2, -0.15) is 4.68 Å². The monoisotopic (exact) mass is 295 g/mol. The van der Waals surface area contributed by atoms with Crippen molar-refractivity contribution in [2.45, 2.75) is 13.2 Å². The number of carbonyl (C=O) groups excluding carboxylic acids is 1. The summed E-state index contributed by atoms with van der Waals surface area (Å²) in [6.45, 7) is -0.0983. The van der Waals surface area contributed by atoms with Crippen LogP contribution in [-0.2, 0) is 22.7 Å². The van der Waals surface area contributed by atoms with Gasteiger partial charge in [0, 0.05) is 0 Å². The second kappa shape index (κ2) is 6.17. The summed E-state index contributed by atoms with van der Waals surface area (Å²) in [4.78, 5) is 24.0. The van der Waals surface area contributed by atoms with Crippen molar-refractivity contribution in [3.05, 3.63) is 70.5 Å². The van der Waals surface area contributed by atoms with Crippen molar-refractivity contribution >= 4 is 16.9 Å². The molecule has 0 saturated heterocycles. The Morgan fingerprint density at radius 2 is 1.77 bits per heavy atom. The molecule has 1 heterocycles. The minimum atomic E-state index is -0.532. The predicted molar refractivity (Wildman–Crippen MR) is 80.0 cm³/mol. The van der Waals surface area contributed by atoms with Crippen molar-refractivity contribution in [3.8, 4) is 0 Å². The van der Waals surface area contributed by atoms with Gasteiger partial charge in [-0.15, -0.1) is 5.10 Å². The van der Waals surface area contributed by atoms with Crippen molar-refractivity contribution in [3.63, 3.8) is 0 Å². The summed E-state index contributed by atoms with van der Waals surface area (Å²) in [5.74, 6) is -0.532. The highest BCUT2D eigenvalue weighted by atomic mass is 16.5. The highest BCUT2D eigenvalue weighted by Gasteiger charge is 2.10.